The molecule has 0 amide bonds. The number of hydrogen-bond donors (Lipinski definition) is 3. The van der Waals surface area contributed by atoms with Crippen molar-refractivity contribution in [3.8, 4) is 11.5 Å². The van der Waals surface area contributed by atoms with Gasteiger partial charge in [-0.25, -0.2) is 0 Å². The van der Waals surface area contributed by atoms with Gasteiger partial charge in [-0.1, -0.05) is 31.8 Å². The zero-order valence-corrected chi connectivity index (χ0v) is 12.0. The molecule has 0 aliphatic rings. The Kier molecular flexibility index (Phi) is 5.02. The van der Waals surface area contributed by atoms with Gasteiger partial charge in [-0.3, -0.25) is 0 Å². The van der Waals surface area contributed by atoms with Crippen LogP contribution in [0.3, 0.4) is 0 Å². The largest absolute Gasteiger partial charge is 0.508 e. The lowest BCUT2D eigenvalue weighted by atomic mass is 10.2. The van der Waals surface area contributed by atoms with Gasteiger partial charge in [0.05, 0.1) is 0 Å². The van der Waals surface area contributed by atoms with Crippen molar-refractivity contribution in [2.45, 2.75) is 38.7 Å². The third-order valence-corrected chi connectivity index (χ3v) is 4.52. The minimum atomic E-state index is -0.927. The van der Waals surface area contributed by atoms with Crippen LogP contribution in [0.2, 0.25) is 25.7 Å². The summed E-state index contributed by atoms with van der Waals surface area (Å²) in [6, 6.07) is 6.04. The predicted molar refractivity (Wildman–Crippen MR) is 74.2 cm³/mol. The minimum Gasteiger partial charge on any atom is -0.508 e. The molecule has 3 N–H and O–H groups in total. The van der Waals surface area contributed by atoms with Crippen molar-refractivity contribution in [3.05, 3.63) is 23.8 Å². The number of aromatic hydroxyl groups is 2. The van der Waals surface area contributed by atoms with E-state index in [-0.39, 0.29) is 11.5 Å². The molecule has 0 saturated carbocycles. The molecule has 0 saturated heterocycles. The molecule has 96 valence electrons. The zero-order chi connectivity index (χ0) is 12.9. The zero-order valence-electron chi connectivity index (χ0n) is 11.0. The number of nitrogens with one attached hydrogen (secondary N) is 1. The van der Waals surface area contributed by atoms with Gasteiger partial charge in [0.25, 0.3) is 0 Å². The van der Waals surface area contributed by atoms with Gasteiger partial charge in [0, 0.05) is 26.2 Å². The molecule has 0 aromatic heterocycles. The van der Waals surface area contributed by atoms with Gasteiger partial charge in [0.15, 0.2) is 0 Å². The molecule has 3 nitrogen and oxygen atoms in total. The number of phenolic OH excluding ortho intramolecular Hbond substituents is 2. The molecule has 1 aromatic carbocycles. The fourth-order valence-electron chi connectivity index (χ4n) is 1.67. The third kappa shape index (κ3) is 5.75. The summed E-state index contributed by atoms with van der Waals surface area (Å²) in [7, 11) is -0.927. The number of benzene rings is 1. The minimum absolute atomic E-state index is 0.102. The first-order valence-corrected chi connectivity index (χ1v) is 9.81. The van der Waals surface area contributed by atoms with E-state index in [1.807, 2.05) is 0 Å². The maximum absolute atomic E-state index is 9.58. The lowest BCUT2D eigenvalue weighted by Gasteiger charge is -2.15. The van der Waals surface area contributed by atoms with Crippen LogP contribution in [0.1, 0.15) is 12.0 Å². The van der Waals surface area contributed by atoms with E-state index >= 15 is 0 Å². The van der Waals surface area contributed by atoms with Crippen LogP contribution in [0.4, 0.5) is 0 Å². The summed E-state index contributed by atoms with van der Waals surface area (Å²) in [5.74, 6) is 0.257. The van der Waals surface area contributed by atoms with Crippen molar-refractivity contribution >= 4 is 8.07 Å². The second kappa shape index (κ2) is 6.07. The summed E-state index contributed by atoms with van der Waals surface area (Å²) in [6.45, 7) is 8.75. The average Bonchev–Trinajstić information content (AvgIpc) is 2.18. The molecular weight excluding hydrogens is 230 g/mol. The van der Waals surface area contributed by atoms with Gasteiger partial charge >= 0.3 is 0 Å². The lowest BCUT2D eigenvalue weighted by molar-refractivity contribution is 0.443. The Morgan fingerprint density at radius 1 is 1.18 bits per heavy atom. The Bertz CT molecular complexity index is 361. The molecule has 0 bridgehead atoms. The van der Waals surface area contributed by atoms with Crippen LogP contribution in [-0.2, 0) is 6.54 Å². The molecule has 17 heavy (non-hydrogen) atoms. The second-order valence-electron chi connectivity index (χ2n) is 5.65. The van der Waals surface area contributed by atoms with Gasteiger partial charge < -0.3 is 15.5 Å². The SMILES string of the molecule is C[Si](C)(C)CCCNCc1ccc(O)cc1O. The van der Waals surface area contributed by atoms with E-state index in [1.54, 1.807) is 12.1 Å². The molecule has 0 heterocycles. The molecule has 0 fully saturated rings. The molecule has 0 unspecified atom stereocenters. The second-order valence-corrected chi connectivity index (χ2v) is 11.3. The molecule has 4 heteroatoms. The smallest absolute Gasteiger partial charge is 0.123 e. The molecule has 0 spiro atoms. The summed E-state index contributed by atoms with van der Waals surface area (Å²) in [5.41, 5.74) is 0.829. The van der Waals surface area contributed by atoms with Gasteiger partial charge in [-0.15, -0.1) is 0 Å². The molecule has 1 rings (SSSR count). The monoisotopic (exact) mass is 253 g/mol. The van der Waals surface area contributed by atoms with Crippen LogP contribution in [0.5, 0.6) is 11.5 Å². The van der Waals surface area contributed by atoms with Crippen LogP contribution in [-0.4, -0.2) is 24.8 Å². The maximum atomic E-state index is 9.58. The normalized spacial score (nSPS) is 11.7. The van der Waals surface area contributed by atoms with Gasteiger partial charge in [0.1, 0.15) is 11.5 Å². The summed E-state index contributed by atoms with van der Waals surface area (Å²) >= 11 is 0. The standard InChI is InChI=1S/C13H23NO2Si/c1-17(2,3)8-4-7-14-10-11-5-6-12(15)9-13(11)16/h5-6,9,14-16H,4,7-8,10H2,1-3H3. The van der Waals surface area contributed by atoms with E-state index in [2.05, 4.69) is 25.0 Å². The molecule has 0 aliphatic heterocycles. The molecule has 0 atom stereocenters. The summed E-state index contributed by atoms with van der Waals surface area (Å²) in [4.78, 5) is 0. The van der Waals surface area contributed by atoms with E-state index in [4.69, 9.17) is 5.11 Å². The molecule has 0 radical (unpaired) electrons. The number of hydrogen-bond acceptors (Lipinski definition) is 3. The summed E-state index contributed by atoms with van der Waals surface area (Å²) < 4.78 is 0. The van der Waals surface area contributed by atoms with Crippen LogP contribution in [0.25, 0.3) is 0 Å². The predicted octanol–water partition coefficient (Wildman–Crippen LogP) is 2.92. The highest BCUT2D eigenvalue weighted by Gasteiger charge is 2.11. The Morgan fingerprint density at radius 3 is 2.47 bits per heavy atom. The first-order valence-electron chi connectivity index (χ1n) is 6.10. The molecular formula is C13H23NO2Si. The van der Waals surface area contributed by atoms with Crippen molar-refractivity contribution in [1.82, 2.24) is 5.32 Å². The van der Waals surface area contributed by atoms with Crippen LogP contribution >= 0.6 is 0 Å². The number of rotatable bonds is 6. The van der Waals surface area contributed by atoms with Crippen molar-refractivity contribution < 1.29 is 10.2 Å². The Balaban J connectivity index is 2.27. The van der Waals surface area contributed by atoms with Crippen molar-refractivity contribution in [2.75, 3.05) is 6.54 Å². The highest BCUT2D eigenvalue weighted by Crippen LogP contribution is 2.22. The fraction of sp³-hybridized carbons (Fsp3) is 0.538. The van der Waals surface area contributed by atoms with Crippen LogP contribution in [0, 0.1) is 0 Å². The van der Waals surface area contributed by atoms with E-state index in [0.29, 0.717) is 6.54 Å². The Hall–Kier alpha value is -1.00. The first-order chi connectivity index (χ1) is 7.88. The highest BCUT2D eigenvalue weighted by molar-refractivity contribution is 6.76. The quantitative estimate of drug-likeness (QED) is 0.540. The van der Waals surface area contributed by atoms with Crippen molar-refractivity contribution in [3.63, 3.8) is 0 Å². The van der Waals surface area contributed by atoms with Crippen molar-refractivity contribution in [2.24, 2.45) is 0 Å². The summed E-state index contributed by atoms with van der Waals surface area (Å²) in [6.07, 6.45) is 1.19. The van der Waals surface area contributed by atoms with Gasteiger partial charge in [-0.2, -0.15) is 0 Å². The number of phenols is 2. The third-order valence-electron chi connectivity index (χ3n) is 2.66. The van der Waals surface area contributed by atoms with Crippen LogP contribution in [0.15, 0.2) is 18.2 Å². The van der Waals surface area contributed by atoms with Gasteiger partial charge in [0.2, 0.25) is 0 Å². The Labute approximate surface area is 105 Å². The molecule has 1 aromatic rings. The average molecular weight is 253 g/mol. The van der Waals surface area contributed by atoms with Gasteiger partial charge in [-0.05, 0) is 19.0 Å². The molecule has 0 aliphatic carbocycles. The summed E-state index contributed by atoms with van der Waals surface area (Å²) in [5, 5.41) is 22.1. The Morgan fingerprint density at radius 2 is 1.88 bits per heavy atom. The van der Waals surface area contributed by atoms with E-state index in [0.717, 1.165) is 12.1 Å². The van der Waals surface area contributed by atoms with E-state index < -0.39 is 8.07 Å². The van der Waals surface area contributed by atoms with Crippen molar-refractivity contribution in [1.29, 1.82) is 0 Å². The van der Waals surface area contributed by atoms with E-state index in [9.17, 15) is 5.11 Å². The first kappa shape index (κ1) is 14.1. The highest BCUT2D eigenvalue weighted by atomic mass is 28.3. The van der Waals surface area contributed by atoms with E-state index in [1.165, 1.54) is 18.5 Å². The topological polar surface area (TPSA) is 52.5 Å². The van der Waals surface area contributed by atoms with Crippen LogP contribution < -0.4 is 5.32 Å². The fourth-order valence-corrected chi connectivity index (χ4v) is 2.91. The lowest BCUT2D eigenvalue weighted by Crippen LogP contribution is -2.22. The maximum Gasteiger partial charge on any atom is 0.123 e.